The summed E-state index contributed by atoms with van der Waals surface area (Å²) in [6, 6.07) is 7.78. The highest BCUT2D eigenvalue weighted by molar-refractivity contribution is 7.51. The summed E-state index contributed by atoms with van der Waals surface area (Å²) >= 11 is 0. The van der Waals surface area contributed by atoms with Gasteiger partial charge in [-0.15, -0.1) is 0 Å². The number of allylic oxidation sites excluding steroid dienone is 1. The van der Waals surface area contributed by atoms with E-state index < -0.39 is 7.82 Å². The number of hydrogen-bond donors (Lipinski definition) is 0. The Balaban J connectivity index is 2.06. The van der Waals surface area contributed by atoms with E-state index in [2.05, 4.69) is 27.7 Å². The molecule has 1 saturated heterocycles. The first-order chi connectivity index (χ1) is 11.7. The van der Waals surface area contributed by atoms with Crippen molar-refractivity contribution < 1.29 is 22.9 Å². The Bertz CT molecular complexity index is 767. The van der Waals surface area contributed by atoms with E-state index in [0.29, 0.717) is 17.6 Å². The summed E-state index contributed by atoms with van der Waals surface area (Å²) in [6.45, 7) is 12.8. The number of ether oxygens (including phenoxy) is 1. The van der Waals surface area contributed by atoms with Crippen LogP contribution in [0.3, 0.4) is 0 Å². The minimum Gasteiger partial charge on any atom is -0.490 e. The van der Waals surface area contributed by atoms with Gasteiger partial charge in [0.05, 0.1) is 6.10 Å². The summed E-state index contributed by atoms with van der Waals surface area (Å²) in [5, 5.41) is 0. The molecule has 6 heteroatoms. The molecule has 3 aliphatic rings. The minimum absolute atomic E-state index is 0.0613. The van der Waals surface area contributed by atoms with Crippen LogP contribution in [0, 0.1) is 11.8 Å². The van der Waals surface area contributed by atoms with Crippen molar-refractivity contribution in [1.29, 1.82) is 0 Å². The molecule has 5 nitrogen and oxygen atoms in total. The lowest BCUT2D eigenvalue weighted by molar-refractivity contribution is 0.0985. The summed E-state index contributed by atoms with van der Waals surface area (Å²) in [5.74, 6) is 2.20. The number of hydrogen-bond acceptors (Lipinski definition) is 5. The lowest BCUT2D eigenvalue weighted by atomic mass is 9.89. The van der Waals surface area contributed by atoms with Crippen molar-refractivity contribution in [2.45, 2.75) is 47.6 Å². The highest BCUT2D eigenvalue weighted by Crippen LogP contribution is 2.72. The summed E-state index contributed by atoms with van der Waals surface area (Å²) in [6.07, 6.45) is 0.0613. The van der Waals surface area contributed by atoms with Gasteiger partial charge in [0, 0.05) is 11.1 Å². The van der Waals surface area contributed by atoms with Crippen LogP contribution in [0.4, 0.5) is 0 Å². The van der Waals surface area contributed by atoms with Crippen LogP contribution in [0.2, 0.25) is 0 Å². The zero-order valence-electron chi connectivity index (χ0n) is 15.5. The van der Waals surface area contributed by atoms with Crippen molar-refractivity contribution in [1.82, 2.24) is 0 Å². The number of rotatable bonds is 6. The summed E-state index contributed by atoms with van der Waals surface area (Å²) in [4.78, 5) is 0. The number of phosphoric acid groups is 1. The Morgan fingerprint density at radius 1 is 1.00 bits per heavy atom. The van der Waals surface area contributed by atoms with E-state index in [-0.39, 0.29) is 12.0 Å². The van der Waals surface area contributed by atoms with Crippen LogP contribution in [0.25, 0.3) is 11.5 Å². The zero-order chi connectivity index (χ0) is 18.4. The molecule has 25 heavy (non-hydrogen) atoms. The Labute approximate surface area is 149 Å². The first kappa shape index (κ1) is 17.9. The van der Waals surface area contributed by atoms with E-state index >= 15 is 0 Å². The topological polar surface area (TPSA) is 54.0 Å². The van der Waals surface area contributed by atoms with Crippen LogP contribution in [0.1, 0.15) is 52.7 Å². The van der Waals surface area contributed by atoms with Crippen molar-refractivity contribution in [2.75, 3.05) is 0 Å². The zero-order valence-corrected chi connectivity index (χ0v) is 16.4. The third-order valence-electron chi connectivity index (χ3n) is 4.02. The maximum atomic E-state index is 11.8. The number of phosphoric ester groups is 1. The number of fused-ring (bicyclic) bond motifs is 1. The normalized spacial score (nSPS) is 17.2. The van der Waals surface area contributed by atoms with E-state index in [1.54, 1.807) is 0 Å². The maximum absolute atomic E-state index is 11.8. The van der Waals surface area contributed by atoms with E-state index in [0.717, 1.165) is 16.9 Å². The van der Waals surface area contributed by atoms with Gasteiger partial charge in [-0.25, -0.2) is 0 Å². The van der Waals surface area contributed by atoms with Gasteiger partial charge in [0.15, 0.2) is 0 Å². The molecule has 0 spiro atoms. The molecule has 1 fully saturated rings. The molecular formula is C19H25O5P. The quantitative estimate of drug-likeness (QED) is 0.461. The summed E-state index contributed by atoms with van der Waals surface area (Å²) < 4.78 is 33.4. The number of benzene rings is 1. The van der Waals surface area contributed by atoms with Crippen molar-refractivity contribution in [3.05, 3.63) is 46.9 Å². The lowest BCUT2D eigenvalue weighted by Crippen LogP contribution is -2.11. The van der Waals surface area contributed by atoms with Gasteiger partial charge in [-0.3, -0.25) is 0 Å². The molecule has 0 unspecified atom stereocenters. The van der Waals surface area contributed by atoms with Crippen molar-refractivity contribution in [3.63, 3.8) is 0 Å². The van der Waals surface area contributed by atoms with Gasteiger partial charge in [0.2, 0.25) is 5.76 Å². The van der Waals surface area contributed by atoms with Crippen LogP contribution in [0.5, 0.6) is 0 Å². The van der Waals surface area contributed by atoms with Gasteiger partial charge in [0.25, 0.3) is 0 Å². The Hall–Kier alpha value is -1.87. The van der Waals surface area contributed by atoms with Gasteiger partial charge in [-0.05, 0) is 37.3 Å². The van der Waals surface area contributed by atoms with Crippen LogP contribution in [0.15, 0.2) is 35.8 Å². The average Bonchev–Trinajstić information content (AvgIpc) is 2.99. The molecule has 0 radical (unpaired) electrons. The van der Waals surface area contributed by atoms with Gasteiger partial charge < -0.3 is 18.3 Å². The summed E-state index contributed by atoms with van der Waals surface area (Å²) in [7, 11) is -3.35. The molecule has 0 atom stereocenters. The van der Waals surface area contributed by atoms with Crippen molar-refractivity contribution in [3.8, 4) is 0 Å². The Morgan fingerprint density at radius 3 is 2.12 bits per heavy atom. The fourth-order valence-electron chi connectivity index (χ4n) is 3.18. The maximum Gasteiger partial charge on any atom is 0.652 e. The van der Waals surface area contributed by atoms with Crippen LogP contribution in [-0.4, -0.2) is 6.10 Å². The highest BCUT2D eigenvalue weighted by atomic mass is 31.2. The Kier molecular flexibility index (Phi) is 4.63. The predicted octanol–water partition coefficient (Wildman–Crippen LogP) is 5.95. The lowest BCUT2D eigenvalue weighted by Gasteiger charge is -2.24. The molecule has 0 aliphatic carbocycles. The third kappa shape index (κ3) is 3.43. The molecule has 1 aromatic rings. The molecular weight excluding hydrogens is 339 g/mol. The molecule has 0 saturated carbocycles. The second-order valence-corrected chi connectivity index (χ2v) is 8.62. The molecule has 1 aromatic carbocycles. The fourth-order valence-corrected chi connectivity index (χ4v) is 4.24. The van der Waals surface area contributed by atoms with Gasteiger partial charge in [-0.2, -0.15) is 4.57 Å². The monoisotopic (exact) mass is 364 g/mol. The average molecular weight is 364 g/mol. The third-order valence-corrected chi connectivity index (χ3v) is 5.21. The van der Waals surface area contributed by atoms with Gasteiger partial charge in [-0.1, -0.05) is 45.9 Å². The van der Waals surface area contributed by atoms with E-state index in [1.807, 2.05) is 38.1 Å². The molecule has 2 bridgehead atoms. The van der Waals surface area contributed by atoms with Crippen LogP contribution >= 0.6 is 7.82 Å². The van der Waals surface area contributed by atoms with Gasteiger partial charge in [0.1, 0.15) is 5.76 Å². The predicted molar refractivity (Wildman–Crippen MR) is 97.0 cm³/mol. The van der Waals surface area contributed by atoms with Crippen molar-refractivity contribution >= 4 is 19.3 Å². The van der Waals surface area contributed by atoms with Crippen LogP contribution < -0.4 is 0 Å². The largest absolute Gasteiger partial charge is 0.652 e. The first-order valence-corrected chi connectivity index (χ1v) is 10.1. The van der Waals surface area contributed by atoms with E-state index in [1.165, 1.54) is 5.57 Å². The smallest absolute Gasteiger partial charge is 0.490 e. The van der Waals surface area contributed by atoms with Gasteiger partial charge >= 0.3 is 13.8 Å². The van der Waals surface area contributed by atoms with E-state index in [4.69, 9.17) is 18.3 Å². The molecule has 3 heterocycles. The SMILES string of the molecule is CC(C)OC(=C(C(C)C)C(C)C)c1cccc(C2=C3OP(=O)(O3)O2)c1. The van der Waals surface area contributed by atoms with Crippen LogP contribution in [-0.2, 0) is 22.9 Å². The molecule has 3 aliphatic heterocycles. The fraction of sp³-hybridized carbons (Fsp3) is 0.474. The molecule has 0 N–H and O–H groups in total. The second-order valence-electron chi connectivity index (χ2n) is 7.18. The Morgan fingerprint density at radius 2 is 1.64 bits per heavy atom. The highest BCUT2D eigenvalue weighted by Gasteiger charge is 2.56. The molecule has 0 aromatic heterocycles. The molecule has 136 valence electrons. The minimum atomic E-state index is -3.35. The molecule has 0 amide bonds. The first-order valence-electron chi connectivity index (χ1n) is 8.65. The van der Waals surface area contributed by atoms with Crippen molar-refractivity contribution in [2.24, 2.45) is 11.8 Å². The summed E-state index contributed by atoms with van der Waals surface area (Å²) in [5.41, 5.74) is 2.99. The molecule has 4 rings (SSSR count). The second kappa shape index (κ2) is 6.45. The van der Waals surface area contributed by atoms with E-state index in [9.17, 15) is 4.57 Å². The standard InChI is InChI=1S/C19H25O5P/c1-11(2)16(12(3)4)17(21-13(5)6)14-8-7-9-15(10-14)18-19-23-25(20,22-18)24-19/h7-13H,1-6H3.